The number of nitrogens with zero attached hydrogens (tertiary/aromatic N) is 2. The lowest BCUT2D eigenvalue weighted by Gasteiger charge is -2.34. The second kappa shape index (κ2) is 10.4. The Kier molecular flexibility index (Phi) is 7.64. The van der Waals surface area contributed by atoms with Gasteiger partial charge in [0.2, 0.25) is 5.91 Å². The highest BCUT2D eigenvalue weighted by molar-refractivity contribution is 5.78. The van der Waals surface area contributed by atoms with E-state index in [1.54, 1.807) is 13.2 Å². The van der Waals surface area contributed by atoms with Crippen LogP contribution in [0.1, 0.15) is 24.0 Å². The highest BCUT2D eigenvalue weighted by Gasteiger charge is 2.23. The van der Waals surface area contributed by atoms with E-state index in [0.717, 1.165) is 62.3 Å². The van der Waals surface area contributed by atoms with Crippen LogP contribution in [0.2, 0.25) is 0 Å². The summed E-state index contributed by atoms with van der Waals surface area (Å²) in [6, 6.07) is 14.7. The molecule has 1 saturated heterocycles. The lowest BCUT2D eigenvalue weighted by atomic mass is 9.96. The van der Waals surface area contributed by atoms with E-state index in [4.69, 9.17) is 4.74 Å². The third-order valence-electron chi connectivity index (χ3n) is 5.73. The van der Waals surface area contributed by atoms with Gasteiger partial charge in [-0.15, -0.1) is 0 Å². The molecule has 1 heterocycles. The van der Waals surface area contributed by atoms with Gasteiger partial charge in [0.05, 0.1) is 13.5 Å². The van der Waals surface area contributed by atoms with Gasteiger partial charge in [0.1, 0.15) is 11.6 Å². The lowest BCUT2D eigenvalue weighted by molar-refractivity contribution is -0.130. The van der Waals surface area contributed by atoms with E-state index in [1.807, 2.05) is 48.3 Å². The minimum atomic E-state index is -0.120. The lowest BCUT2D eigenvalue weighted by Crippen LogP contribution is -2.42. The van der Waals surface area contributed by atoms with Crippen molar-refractivity contribution in [1.29, 1.82) is 0 Å². The van der Waals surface area contributed by atoms with Gasteiger partial charge in [-0.3, -0.25) is 4.79 Å². The Balaban J connectivity index is 1.46. The van der Waals surface area contributed by atoms with Crippen LogP contribution in [0, 0.1) is 11.7 Å². The van der Waals surface area contributed by atoms with Crippen LogP contribution >= 0.6 is 0 Å². The number of likely N-dealkylation sites (N-methyl/N-ethyl adjacent to an activating group) is 1. The molecule has 5 heteroatoms. The number of halogens is 1. The number of hydrogen-bond acceptors (Lipinski definition) is 3. The molecule has 0 N–H and O–H groups in total. The van der Waals surface area contributed by atoms with E-state index in [9.17, 15) is 9.18 Å². The summed E-state index contributed by atoms with van der Waals surface area (Å²) in [6.45, 7) is 3.65. The number of rotatable bonds is 8. The highest BCUT2D eigenvalue weighted by Crippen LogP contribution is 2.19. The molecule has 4 nitrogen and oxygen atoms in total. The largest absolute Gasteiger partial charge is 0.497 e. The van der Waals surface area contributed by atoms with Crippen molar-refractivity contribution in [1.82, 2.24) is 9.80 Å². The Morgan fingerprint density at radius 1 is 1.21 bits per heavy atom. The second-order valence-electron chi connectivity index (χ2n) is 7.95. The summed E-state index contributed by atoms with van der Waals surface area (Å²) in [5, 5.41) is 0. The van der Waals surface area contributed by atoms with Crippen molar-refractivity contribution in [2.45, 2.75) is 25.7 Å². The minimum absolute atomic E-state index is 0.120. The molecule has 1 fully saturated rings. The third kappa shape index (κ3) is 6.29. The Morgan fingerprint density at radius 2 is 1.97 bits per heavy atom. The number of likely N-dealkylation sites (tertiary alicyclic amines) is 1. The standard InChI is InChI=1S/C24H31FN2O2/c1-26(24(28)16-19-9-11-22(29-2)12-10-19)17-20-6-5-14-27(18-20)15-13-21-7-3-4-8-23(21)25/h3-4,7-12,20H,5-6,13-18H2,1-2H3. The number of amides is 1. The van der Waals surface area contributed by atoms with Gasteiger partial charge in [-0.25, -0.2) is 4.39 Å². The van der Waals surface area contributed by atoms with Crippen LogP contribution in [0.3, 0.4) is 0 Å². The van der Waals surface area contributed by atoms with Crippen LogP contribution < -0.4 is 4.74 Å². The molecule has 0 spiro atoms. The van der Waals surface area contributed by atoms with Gasteiger partial charge in [-0.2, -0.15) is 0 Å². The van der Waals surface area contributed by atoms with Crippen molar-refractivity contribution in [3.8, 4) is 5.75 Å². The molecule has 0 saturated carbocycles. The first-order valence-electron chi connectivity index (χ1n) is 10.4. The quantitative estimate of drug-likeness (QED) is 0.678. The molecule has 29 heavy (non-hydrogen) atoms. The van der Waals surface area contributed by atoms with Crippen LogP contribution in [0.5, 0.6) is 5.75 Å². The van der Waals surface area contributed by atoms with Crippen LogP contribution in [0.25, 0.3) is 0 Å². The summed E-state index contributed by atoms with van der Waals surface area (Å²) < 4.78 is 19.0. The number of methoxy groups -OCH3 is 1. The van der Waals surface area contributed by atoms with Gasteiger partial charge < -0.3 is 14.5 Å². The van der Waals surface area contributed by atoms with Gasteiger partial charge in [-0.1, -0.05) is 30.3 Å². The van der Waals surface area contributed by atoms with E-state index in [2.05, 4.69) is 4.90 Å². The molecule has 1 unspecified atom stereocenters. The van der Waals surface area contributed by atoms with Crippen LogP contribution in [0.4, 0.5) is 4.39 Å². The summed E-state index contributed by atoms with van der Waals surface area (Å²) in [6.07, 6.45) is 3.40. The molecule has 3 rings (SSSR count). The van der Waals surface area contributed by atoms with Crippen molar-refractivity contribution >= 4 is 5.91 Å². The molecule has 2 aromatic rings. The van der Waals surface area contributed by atoms with E-state index in [0.29, 0.717) is 12.3 Å². The van der Waals surface area contributed by atoms with E-state index in [1.165, 1.54) is 6.07 Å². The van der Waals surface area contributed by atoms with Crippen molar-refractivity contribution in [3.63, 3.8) is 0 Å². The van der Waals surface area contributed by atoms with E-state index >= 15 is 0 Å². The molecule has 0 bridgehead atoms. The number of benzene rings is 2. The number of piperidine rings is 1. The molecular formula is C24H31FN2O2. The molecule has 2 aromatic carbocycles. The monoisotopic (exact) mass is 398 g/mol. The molecule has 1 atom stereocenters. The minimum Gasteiger partial charge on any atom is -0.497 e. The fourth-order valence-electron chi connectivity index (χ4n) is 4.03. The van der Waals surface area contributed by atoms with Gasteiger partial charge in [0, 0.05) is 26.7 Å². The topological polar surface area (TPSA) is 32.8 Å². The summed E-state index contributed by atoms with van der Waals surface area (Å²) in [4.78, 5) is 16.9. The van der Waals surface area contributed by atoms with Gasteiger partial charge in [0.15, 0.2) is 0 Å². The van der Waals surface area contributed by atoms with Crippen molar-refractivity contribution < 1.29 is 13.9 Å². The van der Waals surface area contributed by atoms with Gasteiger partial charge >= 0.3 is 0 Å². The maximum Gasteiger partial charge on any atom is 0.226 e. The van der Waals surface area contributed by atoms with E-state index < -0.39 is 0 Å². The molecule has 0 aliphatic carbocycles. The Labute approximate surface area is 173 Å². The van der Waals surface area contributed by atoms with Crippen molar-refractivity contribution in [2.75, 3.05) is 40.3 Å². The maximum absolute atomic E-state index is 13.8. The molecule has 0 radical (unpaired) electrons. The molecule has 1 aliphatic heterocycles. The Bertz CT molecular complexity index is 794. The summed E-state index contributed by atoms with van der Waals surface area (Å²) in [5.74, 6) is 1.28. The summed E-state index contributed by atoms with van der Waals surface area (Å²) >= 11 is 0. The van der Waals surface area contributed by atoms with Gasteiger partial charge in [0.25, 0.3) is 0 Å². The molecule has 1 amide bonds. The average Bonchev–Trinajstić information content (AvgIpc) is 2.74. The summed E-state index contributed by atoms with van der Waals surface area (Å²) in [5.41, 5.74) is 1.78. The van der Waals surface area contributed by atoms with Crippen LogP contribution in [0.15, 0.2) is 48.5 Å². The number of carbonyl (C=O) groups is 1. The zero-order chi connectivity index (χ0) is 20.6. The van der Waals surface area contributed by atoms with Gasteiger partial charge in [-0.05, 0) is 61.1 Å². The first kappa shape index (κ1) is 21.3. The fourth-order valence-corrected chi connectivity index (χ4v) is 4.03. The van der Waals surface area contributed by atoms with E-state index in [-0.39, 0.29) is 11.7 Å². The fraction of sp³-hybridized carbons (Fsp3) is 0.458. The SMILES string of the molecule is COc1ccc(CC(=O)N(C)CC2CCCN(CCc3ccccc3F)C2)cc1. The molecular weight excluding hydrogens is 367 g/mol. The smallest absolute Gasteiger partial charge is 0.226 e. The maximum atomic E-state index is 13.8. The molecule has 0 aromatic heterocycles. The number of carbonyl (C=O) groups excluding carboxylic acids is 1. The predicted molar refractivity (Wildman–Crippen MR) is 114 cm³/mol. The first-order chi connectivity index (χ1) is 14.0. The Hall–Kier alpha value is -2.40. The number of ether oxygens (including phenoxy) is 1. The molecule has 1 aliphatic rings. The zero-order valence-electron chi connectivity index (χ0n) is 17.4. The molecule has 156 valence electrons. The Morgan fingerprint density at radius 3 is 2.69 bits per heavy atom. The average molecular weight is 399 g/mol. The normalized spacial score (nSPS) is 17.1. The zero-order valence-corrected chi connectivity index (χ0v) is 17.4. The van der Waals surface area contributed by atoms with Crippen LogP contribution in [-0.2, 0) is 17.6 Å². The number of hydrogen-bond donors (Lipinski definition) is 0. The summed E-state index contributed by atoms with van der Waals surface area (Å²) in [7, 11) is 3.53. The second-order valence-corrected chi connectivity index (χ2v) is 7.95. The third-order valence-corrected chi connectivity index (χ3v) is 5.73. The predicted octanol–water partition coefficient (Wildman–Crippen LogP) is 3.79. The van der Waals surface area contributed by atoms with Crippen molar-refractivity contribution in [3.05, 3.63) is 65.5 Å². The first-order valence-corrected chi connectivity index (χ1v) is 10.4. The van der Waals surface area contributed by atoms with Crippen LogP contribution in [-0.4, -0.2) is 56.0 Å². The highest BCUT2D eigenvalue weighted by atomic mass is 19.1. The van der Waals surface area contributed by atoms with Crippen molar-refractivity contribution in [2.24, 2.45) is 5.92 Å².